The van der Waals surface area contributed by atoms with Gasteiger partial charge in [0.15, 0.2) is 23.3 Å². The highest BCUT2D eigenvalue weighted by Gasteiger charge is 2.29. The molecule has 0 aliphatic rings. The van der Waals surface area contributed by atoms with Crippen molar-refractivity contribution in [3.63, 3.8) is 0 Å². The van der Waals surface area contributed by atoms with E-state index in [1.54, 1.807) is 6.92 Å². The van der Waals surface area contributed by atoms with Gasteiger partial charge in [0.2, 0.25) is 0 Å². The van der Waals surface area contributed by atoms with Gasteiger partial charge in [-0.1, -0.05) is 13.3 Å². The zero-order valence-corrected chi connectivity index (χ0v) is 10.8. The highest BCUT2D eigenvalue weighted by atomic mass is 19.2. The van der Waals surface area contributed by atoms with Crippen LogP contribution in [0.15, 0.2) is 0 Å². The molecule has 0 atom stereocenters. The molecule has 0 aromatic heterocycles. The SMILES string of the molecule is CCCc1c(F)c(F)c(F)c(F)c1C(=O)OC(C)C. The Hall–Kier alpha value is -1.59. The second-order valence-corrected chi connectivity index (χ2v) is 4.31. The molecule has 0 unspecified atom stereocenters. The van der Waals surface area contributed by atoms with Crippen molar-refractivity contribution in [1.29, 1.82) is 0 Å². The van der Waals surface area contributed by atoms with Crippen molar-refractivity contribution < 1.29 is 27.1 Å². The van der Waals surface area contributed by atoms with Crippen molar-refractivity contribution in [2.24, 2.45) is 0 Å². The highest BCUT2D eigenvalue weighted by molar-refractivity contribution is 5.91. The first-order valence-electron chi connectivity index (χ1n) is 5.87. The molecule has 0 saturated carbocycles. The van der Waals surface area contributed by atoms with Crippen molar-refractivity contribution >= 4 is 5.97 Å². The number of ether oxygens (including phenoxy) is 1. The normalized spacial score (nSPS) is 10.9. The van der Waals surface area contributed by atoms with Crippen LogP contribution in [0.5, 0.6) is 0 Å². The zero-order chi connectivity index (χ0) is 14.7. The van der Waals surface area contributed by atoms with Crippen molar-refractivity contribution in [3.8, 4) is 0 Å². The molecule has 0 radical (unpaired) electrons. The number of esters is 1. The van der Waals surface area contributed by atoms with Crippen molar-refractivity contribution in [2.45, 2.75) is 39.7 Å². The Kier molecular flexibility index (Phi) is 4.91. The van der Waals surface area contributed by atoms with Crippen LogP contribution in [0.1, 0.15) is 43.1 Å². The molecule has 6 heteroatoms. The molecule has 0 fully saturated rings. The number of hydrogen-bond donors (Lipinski definition) is 0. The predicted molar refractivity (Wildman–Crippen MR) is 60.8 cm³/mol. The van der Waals surface area contributed by atoms with E-state index >= 15 is 0 Å². The Morgan fingerprint density at radius 3 is 2.05 bits per heavy atom. The van der Waals surface area contributed by atoms with Gasteiger partial charge in [0, 0.05) is 5.56 Å². The molecule has 2 nitrogen and oxygen atoms in total. The number of hydrogen-bond acceptors (Lipinski definition) is 2. The third-order valence-electron chi connectivity index (χ3n) is 2.41. The van der Waals surface area contributed by atoms with Gasteiger partial charge >= 0.3 is 5.97 Å². The van der Waals surface area contributed by atoms with E-state index in [1.807, 2.05) is 0 Å². The minimum Gasteiger partial charge on any atom is -0.459 e. The fraction of sp³-hybridized carbons (Fsp3) is 0.462. The number of carbonyl (C=O) groups is 1. The molecule has 0 heterocycles. The zero-order valence-electron chi connectivity index (χ0n) is 10.8. The van der Waals surface area contributed by atoms with Crippen molar-refractivity contribution in [1.82, 2.24) is 0 Å². The maximum atomic E-state index is 13.6. The molecule has 1 aromatic carbocycles. The van der Waals surface area contributed by atoms with Gasteiger partial charge < -0.3 is 4.74 Å². The molecule has 0 aliphatic heterocycles. The summed E-state index contributed by atoms with van der Waals surface area (Å²) in [5, 5.41) is 0. The minimum atomic E-state index is -2.01. The lowest BCUT2D eigenvalue weighted by molar-refractivity contribution is 0.0368. The Balaban J connectivity index is 3.47. The van der Waals surface area contributed by atoms with E-state index in [9.17, 15) is 22.4 Å². The second kappa shape index (κ2) is 6.04. The number of halogens is 4. The molecule has 106 valence electrons. The van der Waals surface area contributed by atoms with Crippen LogP contribution in [0.4, 0.5) is 17.6 Å². The van der Waals surface area contributed by atoms with Gasteiger partial charge in [0.1, 0.15) is 5.56 Å². The topological polar surface area (TPSA) is 26.3 Å². The monoisotopic (exact) mass is 278 g/mol. The second-order valence-electron chi connectivity index (χ2n) is 4.31. The summed E-state index contributed by atoms with van der Waals surface area (Å²) in [6, 6.07) is 0. The van der Waals surface area contributed by atoms with Gasteiger partial charge in [-0.15, -0.1) is 0 Å². The van der Waals surface area contributed by atoms with Crippen LogP contribution < -0.4 is 0 Å². The Morgan fingerprint density at radius 1 is 1.05 bits per heavy atom. The van der Waals surface area contributed by atoms with Gasteiger partial charge in [-0.2, -0.15) is 0 Å². The first-order valence-corrected chi connectivity index (χ1v) is 5.87. The molecule has 0 spiro atoms. The Bertz CT molecular complexity index is 498. The van der Waals surface area contributed by atoms with E-state index in [2.05, 4.69) is 0 Å². The largest absolute Gasteiger partial charge is 0.459 e. The first-order chi connectivity index (χ1) is 8.81. The molecule has 0 N–H and O–H groups in total. The molecule has 0 amide bonds. The summed E-state index contributed by atoms with van der Waals surface area (Å²) in [7, 11) is 0. The third-order valence-corrected chi connectivity index (χ3v) is 2.41. The highest BCUT2D eigenvalue weighted by Crippen LogP contribution is 2.26. The average Bonchev–Trinajstić information content (AvgIpc) is 2.32. The fourth-order valence-corrected chi connectivity index (χ4v) is 1.65. The van der Waals surface area contributed by atoms with Crippen LogP contribution in [0.2, 0.25) is 0 Å². The molecule has 1 rings (SSSR count). The lowest BCUT2D eigenvalue weighted by Crippen LogP contribution is -2.19. The van der Waals surface area contributed by atoms with Gasteiger partial charge in [-0.3, -0.25) is 0 Å². The molecule has 19 heavy (non-hydrogen) atoms. The number of carbonyl (C=O) groups excluding carboxylic acids is 1. The van der Waals surface area contributed by atoms with E-state index in [0.717, 1.165) is 0 Å². The van der Waals surface area contributed by atoms with Crippen LogP contribution in [0.3, 0.4) is 0 Å². The third kappa shape index (κ3) is 3.05. The molecule has 0 aliphatic carbocycles. The van der Waals surface area contributed by atoms with E-state index in [4.69, 9.17) is 4.74 Å². The van der Waals surface area contributed by atoms with Gasteiger partial charge in [0.25, 0.3) is 0 Å². The lowest BCUT2D eigenvalue weighted by atomic mass is 10.0. The summed E-state index contributed by atoms with van der Waals surface area (Å²) >= 11 is 0. The molecule has 0 bridgehead atoms. The average molecular weight is 278 g/mol. The van der Waals surface area contributed by atoms with E-state index in [0.29, 0.717) is 6.42 Å². The summed E-state index contributed by atoms with van der Waals surface area (Å²) in [5.41, 5.74) is -1.36. The van der Waals surface area contributed by atoms with Crippen LogP contribution in [0, 0.1) is 23.3 Å². The van der Waals surface area contributed by atoms with E-state index < -0.39 is 46.5 Å². The molecular weight excluding hydrogens is 264 g/mol. The summed E-state index contributed by atoms with van der Waals surface area (Å²) in [6.07, 6.45) is -0.344. The van der Waals surface area contributed by atoms with Crippen LogP contribution in [0.25, 0.3) is 0 Å². The smallest absolute Gasteiger partial charge is 0.341 e. The maximum absolute atomic E-state index is 13.6. The van der Waals surface area contributed by atoms with Crippen molar-refractivity contribution in [2.75, 3.05) is 0 Å². The Morgan fingerprint density at radius 2 is 1.58 bits per heavy atom. The summed E-state index contributed by atoms with van der Waals surface area (Å²) in [5.74, 6) is -8.38. The first kappa shape index (κ1) is 15.5. The summed E-state index contributed by atoms with van der Waals surface area (Å²) in [6.45, 7) is 4.65. The van der Waals surface area contributed by atoms with E-state index in [1.165, 1.54) is 13.8 Å². The molecular formula is C13H14F4O2. The fourth-order valence-electron chi connectivity index (χ4n) is 1.65. The molecule has 0 saturated heterocycles. The lowest BCUT2D eigenvalue weighted by Gasteiger charge is -2.14. The Labute approximate surface area is 108 Å². The minimum absolute atomic E-state index is 0.0948. The van der Waals surface area contributed by atoms with Crippen molar-refractivity contribution in [3.05, 3.63) is 34.4 Å². The van der Waals surface area contributed by atoms with Gasteiger partial charge in [-0.25, -0.2) is 22.4 Å². The summed E-state index contributed by atoms with van der Waals surface area (Å²) in [4.78, 5) is 11.7. The van der Waals surface area contributed by atoms with E-state index in [-0.39, 0.29) is 6.42 Å². The molecule has 1 aromatic rings. The quantitative estimate of drug-likeness (QED) is 0.363. The standard InChI is InChI=1S/C13H14F4O2/c1-4-5-7-8(13(18)19-6(2)3)10(15)12(17)11(16)9(7)14/h6H,4-5H2,1-3H3. The van der Waals surface area contributed by atoms with Gasteiger partial charge in [0.05, 0.1) is 6.10 Å². The summed E-state index contributed by atoms with van der Waals surface area (Å²) < 4.78 is 58.3. The predicted octanol–water partition coefficient (Wildman–Crippen LogP) is 3.76. The number of rotatable bonds is 4. The maximum Gasteiger partial charge on any atom is 0.341 e. The van der Waals surface area contributed by atoms with Crippen LogP contribution >= 0.6 is 0 Å². The van der Waals surface area contributed by atoms with Crippen LogP contribution in [-0.4, -0.2) is 12.1 Å². The number of benzene rings is 1. The van der Waals surface area contributed by atoms with Crippen LogP contribution in [-0.2, 0) is 11.2 Å². The van der Waals surface area contributed by atoms with Gasteiger partial charge in [-0.05, 0) is 20.3 Å².